The predicted molar refractivity (Wildman–Crippen MR) is 76.6 cm³/mol. The summed E-state index contributed by atoms with van der Waals surface area (Å²) in [6.45, 7) is 6.70. The van der Waals surface area contributed by atoms with Crippen molar-refractivity contribution in [1.82, 2.24) is 0 Å². The van der Waals surface area contributed by atoms with E-state index in [1.165, 1.54) is 51.4 Å². The molecule has 2 N–H and O–H groups in total. The first-order valence-corrected chi connectivity index (χ1v) is 7.85. The smallest absolute Gasteiger partial charge is 0.0687 e. The first-order valence-electron chi connectivity index (χ1n) is 7.85. The van der Waals surface area contributed by atoms with Gasteiger partial charge in [0.05, 0.1) is 11.7 Å². The molecule has 2 unspecified atom stereocenters. The minimum absolute atomic E-state index is 0.239. The molecule has 0 amide bonds. The van der Waals surface area contributed by atoms with Crippen molar-refractivity contribution < 1.29 is 4.74 Å². The van der Waals surface area contributed by atoms with Gasteiger partial charge in [-0.1, -0.05) is 33.6 Å². The molecule has 0 radical (unpaired) electrons. The average molecular weight is 253 g/mol. The number of ether oxygens (including phenoxy) is 1. The lowest BCUT2D eigenvalue weighted by atomic mass is 9.84. The van der Waals surface area contributed by atoms with E-state index in [9.17, 15) is 0 Å². The Kier molecular flexibility index (Phi) is 4.38. The Morgan fingerprint density at radius 3 is 2.50 bits per heavy atom. The van der Waals surface area contributed by atoms with E-state index >= 15 is 0 Å². The minimum atomic E-state index is 0.239. The molecule has 2 aliphatic rings. The zero-order valence-electron chi connectivity index (χ0n) is 12.5. The van der Waals surface area contributed by atoms with E-state index in [0.29, 0.717) is 17.7 Å². The Hall–Kier alpha value is -0.0800. The maximum Gasteiger partial charge on any atom is 0.0687 e. The second-order valence-corrected chi connectivity index (χ2v) is 7.57. The van der Waals surface area contributed by atoms with Crippen LogP contribution in [-0.4, -0.2) is 17.7 Å². The molecule has 0 aromatic heterocycles. The van der Waals surface area contributed by atoms with Gasteiger partial charge >= 0.3 is 0 Å². The average Bonchev–Trinajstić information content (AvgIpc) is 2.89. The lowest BCUT2D eigenvalue weighted by Gasteiger charge is -2.28. The first-order chi connectivity index (χ1) is 8.41. The Morgan fingerprint density at radius 1 is 1.22 bits per heavy atom. The van der Waals surface area contributed by atoms with Crippen molar-refractivity contribution in [3.63, 3.8) is 0 Å². The van der Waals surface area contributed by atoms with Crippen LogP contribution in [0.2, 0.25) is 0 Å². The molecule has 1 spiro atoms. The third-order valence-corrected chi connectivity index (χ3v) is 5.01. The van der Waals surface area contributed by atoms with Gasteiger partial charge in [0, 0.05) is 6.04 Å². The lowest BCUT2D eigenvalue weighted by molar-refractivity contribution is -0.0398. The molecule has 2 heteroatoms. The van der Waals surface area contributed by atoms with E-state index in [-0.39, 0.29) is 5.41 Å². The SMILES string of the molecule is CC(C)(C)C(N)CCCC1CCC2(CCCC2)O1. The summed E-state index contributed by atoms with van der Waals surface area (Å²) in [6.07, 6.45) is 12.1. The summed E-state index contributed by atoms with van der Waals surface area (Å²) in [6, 6.07) is 0.319. The fraction of sp³-hybridized carbons (Fsp3) is 1.00. The van der Waals surface area contributed by atoms with Crippen LogP contribution in [0, 0.1) is 5.41 Å². The quantitative estimate of drug-likeness (QED) is 0.821. The number of nitrogens with two attached hydrogens (primary N) is 1. The van der Waals surface area contributed by atoms with E-state index in [1.54, 1.807) is 0 Å². The molecule has 2 atom stereocenters. The van der Waals surface area contributed by atoms with Gasteiger partial charge < -0.3 is 10.5 Å². The standard InChI is InChI=1S/C16H31NO/c1-15(2,3)14(17)8-6-7-13-9-12-16(18-13)10-4-5-11-16/h13-14H,4-12,17H2,1-3H3. The summed E-state index contributed by atoms with van der Waals surface area (Å²) < 4.78 is 6.34. The topological polar surface area (TPSA) is 35.2 Å². The van der Waals surface area contributed by atoms with Crippen LogP contribution < -0.4 is 5.73 Å². The molecule has 1 aliphatic heterocycles. The van der Waals surface area contributed by atoms with Crippen LogP contribution >= 0.6 is 0 Å². The summed E-state index contributed by atoms with van der Waals surface area (Å²) in [5.74, 6) is 0. The number of rotatable bonds is 4. The summed E-state index contributed by atoms with van der Waals surface area (Å²) in [5, 5.41) is 0. The molecule has 0 bridgehead atoms. The molecule has 2 rings (SSSR count). The summed E-state index contributed by atoms with van der Waals surface area (Å²) >= 11 is 0. The van der Waals surface area contributed by atoms with Gasteiger partial charge in [0.2, 0.25) is 0 Å². The number of hydrogen-bond acceptors (Lipinski definition) is 2. The lowest BCUT2D eigenvalue weighted by Crippen LogP contribution is -2.35. The molecule has 1 saturated heterocycles. The highest BCUT2D eigenvalue weighted by molar-refractivity contribution is 4.92. The van der Waals surface area contributed by atoms with E-state index in [2.05, 4.69) is 20.8 Å². The van der Waals surface area contributed by atoms with Gasteiger partial charge in [-0.15, -0.1) is 0 Å². The molecule has 0 aromatic rings. The Morgan fingerprint density at radius 2 is 1.89 bits per heavy atom. The van der Waals surface area contributed by atoms with Crippen LogP contribution in [0.25, 0.3) is 0 Å². The fourth-order valence-electron chi connectivity index (χ4n) is 3.48. The van der Waals surface area contributed by atoms with Gasteiger partial charge in [-0.05, 0) is 50.4 Å². The molecular weight excluding hydrogens is 222 g/mol. The van der Waals surface area contributed by atoms with Gasteiger partial charge in [0.1, 0.15) is 0 Å². The highest BCUT2D eigenvalue weighted by Gasteiger charge is 2.41. The molecule has 1 saturated carbocycles. The minimum Gasteiger partial charge on any atom is -0.372 e. The second-order valence-electron chi connectivity index (χ2n) is 7.57. The highest BCUT2D eigenvalue weighted by Crippen LogP contribution is 2.44. The molecule has 1 heterocycles. The zero-order chi connectivity index (χ0) is 13.2. The van der Waals surface area contributed by atoms with Gasteiger partial charge in [0.25, 0.3) is 0 Å². The first kappa shape index (κ1) is 14.3. The van der Waals surface area contributed by atoms with Crippen LogP contribution in [0.3, 0.4) is 0 Å². The van der Waals surface area contributed by atoms with Gasteiger partial charge in [0.15, 0.2) is 0 Å². The van der Waals surface area contributed by atoms with Crippen LogP contribution in [0.15, 0.2) is 0 Å². The van der Waals surface area contributed by atoms with Gasteiger partial charge in [-0.3, -0.25) is 0 Å². The summed E-state index contributed by atoms with van der Waals surface area (Å²) in [5.41, 5.74) is 6.75. The van der Waals surface area contributed by atoms with Gasteiger partial charge in [-0.25, -0.2) is 0 Å². The predicted octanol–water partition coefficient (Wildman–Crippen LogP) is 4.02. The van der Waals surface area contributed by atoms with Crippen LogP contribution in [0.5, 0.6) is 0 Å². The molecule has 2 fully saturated rings. The second kappa shape index (κ2) is 5.50. The van der Waals surface area contributed by atoms with Crippen molar-refractivity contribution >= 4 is 0 Å². The molecule has 0 aromatic carbocycles. The summed E-state index contributed by atoms with van der Waals surface area (Å²) in [7, 11) is 0. The zero-order valence-corrected chi connectivity index (χ0v) is 12.5. The van der Waals surface area contributed by atoms with E-state index in [1.807, 2.05) is 0 Å². The maximum absolute atomic E-state index is 6.34. The third kappa shape index (κ3) is 3.48. The van der Waals surface area contributed by atoms with E-state index in [0.717, 1.165) is 6.42 Å². The Labute approximate surface area is 113 Å². The van der Waals surface area contributed by atoms with Crippen molar-refractivity contribution in [2.24, 2.45) is 11.1 Å². The van der Waals surface area contributed by atoms with Crippen LogP contribution in [-0.2, 0) is 4.74 Å². The van der Waals surface area contributed by atoms with Crippen molar-refractivity contribution in [3.05, 3.63) is 0 Å². The highest BCUT2D eigenvalue weighted by atomic mass is 16.5. The number of hydrogen-bond donors (Lipinski definition) is 1. The summed E-state index contributed by atoms with van der Waals surface area (Å²) in [4.78, 5) is 0. The third-order valence-electron chi connectivity index (χ3n) is 5.01. The normalized spacial score (nSPS) is 29.0. The molecule has 2 nitrogen and oxygen atoms in total. The molecule has 18 heavy (non-hydrogen) atoms. The van der Waals surface area contributed by atoms with E-state index < -0.39 is 0 Å². The molecule has 106 valence electrons. The Bertz CT molecular complexity index is 263. The molecule has 1 aliphatic carbocycles. The monoisotopic (exact) mass is 253 g/mol. The van der Waals surface area contributed by atoms with Crippen molar-refractivity contribution in [2.75, 3.05) is 0 Å². The Balaban J connectivity index is 1.66. The molecular formula is C16H31NO. The maximum atomic E-state index is 6.34. The van der Waals surface area contributed by atoms with Gasteiger partial charge in [-0.2, -0.15) is 0 Å². The van der Waals surface area contributed by atoms with Crippen LogP contribution in [0.4, 0.5) is 0 Å². The van der Waals surface area contributed by atoms with Crippen molar-refractivity contribution in [1.29, 1.82) is 0 Å². The fourth-order valence-corrected chi connectivity index (χ4v) is 3.48. The van der Waals surface area contributed by atoms with Crippen molar-refractivity contribution in [3.8, 4) is 0 Å². The van der Waals surface area contributed by atoms with Crippen molar-refractivity contribution in [2.45, 2.75) is 96.3 Å². The van der Waals surface area contributed by atoms with E-state index in [4.69, 9.17) is 10.5 Å². The largest absolute Gasteiger partial charge is 0.372 e. The van der Waals surface area contributed by atoms with Crippen LogP contribution in [0.1, 0.15) is 78.6 Å².